The molecule has 1 aromatic carbocycles. The van der Waals surface area contributed by atoms with Crippen LogP contribution in [-0.2, 0) is 0 Å². The van der Waals surface area contributed by atoms with Gasteiger partial charge in [0.05, 0.1) is 17.3 Å². The normalized spacial score (nSPS) is 11.6. The van der Waals surface area contributed by atoms with Gasteiger partial charge >= 0.3 is 0 Å². The second kappa shape index (κ2) is 6.26. The minimum atomic E-state index is 0.109. The van der Waals surface area contributed by atoms with Crippen LogP contribution < -0.4 is 5.32 Å². The fraction of sp³-hybridized carbons (Fsp3) is 0.200. The highest BCUT2D eigenvalue weighted by Crippen LogP contribution is 2.28. The second-order valence-electron chi connectivity index (χ2n) is 4.15. The van der Waals surface area contributed by atoms with Crippen molar-refractivity contribution in [3.63, 3.8) is 0 Å². The molecule has 1 atom stereocenters. The number of hydrogen-bond donors (Lipinski definition) is 1. The fourth-order valence-electron chi connectivity index (χ4n) is 1.89. The number of pyridine rings is 1. The number of nitrogens with one attached hydrogen (secondary N) is 1. The first-order valence-electron chi connectivity index (χ1n) is 6.00. The van der Waals surface area contributed by atoms with Gasteiger partial charge in [-0.05, 0) is 36.9 Å². The molecule has 1 unspecified atom stereocenters. The molecule has 0 spiro atoms. The van der Waals surface area contributed by atoms with Crippen LogP contribution >= 0.6 is 11.8 Å². The molecule has 0 amide bonds. The summed E-state index contributed by atoms with van der Waals surface area (Å²) in [5, 5.41) is 12.7. The van der Waals surface area contributed by atoms with Crippen LogP contribution in [-0.4, -0.2) is 11.2 Å². The zero-order valence-electron chi connectivity index (χ0n) is 10.9. The van der Waals surface area contributed by atoms with Gasteiger partial charge in [-0.25, -0.2) is 0 Å². The summed E-state index contributed by atoms with van der Waals surface area (Å²) in [6, 6.07) is 12.2. The van der Waals surface area contributed by atoms with Crippen LogP contribution in [0.15, 0.2) is 47.6 Å². The van der Waals surface area contributed by atoms with Gasteiger partial charge in [0.1, 0.15) is 6.07 Å². The summed E-state index contributed by atoms with van der Waals surface area (Å²) in [6.07, 6.45) is 5.57. The van der Waals surface area contributed by atoms with Crippen LogP contribution in [0.2, 0.25) is 0 Å². The standard InChI is InChI=1S/C15H15N3S/c1-11(12-5-4-8-17-10-12)18-14-6-3-7-15(19-2)13(14)9-16/h3-8,10-11,18H,1-2H3. The van der Waals surface area contributed by atoms with Gasteiger partial charge in [-0.15, -0.1) is 11.8 Å². The number of benzene rings is 1. The van der Waals surface area contributed by atoms with Crippen molar-refractivity contribution in [2.75, 3.05) is 11.6 Å². The Morgan fingerprint density at radius 1 is 1.32 bits per heavy atom. The van der Waals surface area contributed by atoms with E-state index < -0.39 is 0 Å². The summed E-state index contributed by atoms with van der Waals surface area (Å²) in [4.78, 5) is 5.11. The Morgan fingerprint density at radius 2 is 2.16 bits per heavy atom. The third kappa shape index (κ3) is 3.07. The van der Waals surface area contributed by atoms with Gasteiger partial charge in [-0.1, -0.05) is 12.1 Å². The second-order valence-corrected chi connectivity index (χ2v) is 5.00. The predicted molar refractivity (Wildman–Crippen MR) is 79.2 cm³/mol. The van der Waals surface area contributed by atoms with Crippen molar-refractivity contribution in [1.82, 2.24) is 4.98 Å². The number of nitrogens with zero attached hydrogens (tertiary/aromatic N) is 2. The topological polar surface area (TPSA) is 48.7 Å². The first-order valence-corrected chi connectivity index (χ1v) is 7.22. The molecular formula is C15H15N3S. The van der Waals surface area contributed by atoms with E-state index in [4.69, 9.17) is 0 Å². The highest BCUT2D eigenvalue weighted by Gasteiger charge is 2.11. The molecule has 0 saturated heterocycles. The van der Waals surface area contributed by atoms with Crippen molar-refractivity contribution in [2.45, 2.75) is 17.9 Å². The maximum absolute atomic E-state index is 9.30. The van der Waals surface area contributed by atoms with Crippen molar-refractivity contribution in [1.29, 1.82) is 5.26 Å². The average molecular weight is 269 g/mol. The van der Waals surface area contributed by atoms with Crippen LogP contribution in [0.25, 0.3) is 0 Å². The minimum Gasteiger partial charge on any atom is -0.377 e. The molecule has 96 valence electrons. The smallest absolute Gasteiger partial charge is 0.102 e. The van der Waals surface area contributed by atoms with Gasteiger partial charge in [0.25, 0.3) is 0 Å². The van der Waals surface area contributed by atoms with Crippen molar-refractivity contribution in [3.05, 3.63) is 53.9 Å². The molecule has 19 heavy (non-hydrogen) atoms. The molecule has 0 aliphatic rings. The van der Waals surface area contributed by atoms with E-state index in [1.165, 1.54) is 0 Å². The van der Waals surface area contributed by atoms with Gasteiger partial charge in [0.2, 0.25) is 0 Å². The molecule has 1 N–H and O–H groups in total. The van der Waals surface area contributed by atoms with E-state index in [9.17, 15) is 5.26 Å². The average Bonchev–Trinajstić information content (AvgIpc) is 2.47. The van der Waals surface area contributed by atoms with Crippen molar-refractivity contribution < 1.29 is 0 Å². The lowest BCUT2D eigenvalue weighted by atomic mass is 10.1. The van der Waals surface area contributed by atoms with Crippen molar-refractivity contribution in [2.24, 2.45) is 0 Å². The first kappa shape index (κ1) is 13.4. The van der Waals surface area contributed by atoms with Gasteiger partial charge in [0.15, 0.2) is 0 Å². The van der Waals surface area contributed by atoms with Crippen LogP contribution in [0, 0.1) is 11.3 Å². The Bertz CT molecular complexity index is 590. The highest BCUT2D eigenvalue weighted by molar-refractivity contribution is 7.98. The molecule has 1 heterocycles. The molecule has 0 bridgehead atoms. The van der Waals surface area contributed by atoms with Gasteiger partial charge in [-0.2, -0.15) is 5.26 Å². The van der Waals surface area contributed by atoms with Gasteiger partial charge in [-0.3, -0.25) is 4.98 Å². The minimum absolute atomic E-state index is 0.109. The predicted octanol–water partition coefficient (Wildman–Crippen LogP) is 3.85. The Morgan fingerprint density at radius 3 is 2.79 bits per heavy atom. The lowest BCUT2D eigenvalue weighted by molar-refractivity contribution is 0.874. The number of thioether (sulfide) groups is 1. The van der Waals surface area contributed by atoms with Crippen molar-refractivity contribution in [3.8, 4) is 6.07 Å². The summed E-state index contributed by atoms with van der Waals surface area (Å²) in [7, 11) is 0. The lowest BCUT2D eigenvalue weighted by Crippen LogP contribution is -2.08. The van der Waals surface area contributed by atoms with Crippen LogP contribution in [0.1, 0.15) is 24.1 Å². The fourth-order valence-corrected chi connectivity index (χ4v) is 2.46. The van der Waals surface area contributed by atoms with Crippen LogP contribution in [0.5, 0.6) is 0 Å². The monoisotopic (exact) mass is 269 g/mol. The van der Waals surface area contributed by atoms with Gasteiger partial charge in [0, 0.05) is 17.3 Å². The van der Waals surface area contributed by atoms with E-state index >= 15 is 0 Å². The van der Waals surface area contributed by atoms with E-state index in [1.807, 2.05) is 42.8 Å². The molecule has 0 aliphatic heterocycles. The van der Waals surface area contributed by atoms with E-state index in [2.05, 4.69) is 23.3 Å². The highest BCUT2D eigenvalue weighted by atomic mass is 32.2. The van der Waals surface area contributed by atoms with Crippen LogP contribution in [0.3, 0.4) is 0 Å². The largest absolute Gasteiger partial charge is 0.377 e. The number of hydrogen-bond acceptors (Lipinski definition) is 4. The molecule has 4 heteroatoms. The number of anilines is 1. The number of aromatic nitrogens is 1. The summed E-state index contributed by atoms with van der Waals surface area (Å²) >= 11 is 1.58. The third-order valence-electron chi connectivity index (χ3n) is 2.91. The zero-order valence-corrected chi connectivity index (χ0v) is 11.7. The molecule has 0 saturated carbocycles. The van der Waals surface area contributed by atoms with Gasteiger partial charge < -0.3 is 5.32 Å². The van der Waals surface area contributed by atoms with E-state index in [-0.39, 0.29) is 6.04 Å². The summed E-state index contributed by atoms with van der Waals surface area (Å²) in [5.41, 5.74) is 2.66. The molecule has 0 radical (unpaired) electrons. The molecule has 2 rings (SSSR count). The summed E-state index contributed by atoms with van der Waals surface area (Å²) < 4.78 is 0. The Hall–Kier alpha value is -1.99. The lowest BCUT2D eigenvalue weighted by Gasteiger charge is -2.17. The van der Waals surface area contributed by atoms with Crippen LogP contribution in [0.4, 0.5) is 5.69 Å². The SMILES string of the molecule is CSc1cccc(NC(C)c2cccnc2)c1C#N. The first-order chi connectivity index (χ1) is 9.26. The quantitative estimate of drug-likeness (QED) is 0.856. The maximum Gasteiger partial charge on any atom is 0.102 e. The third-order valence-corrected chi connectivity index (χ3v) is 3.69. The summed E-state index contributed by atoms with van der Waals surface area (Å²) in [5.74, 6) is 0. The van der Waals surface area contributed by atoms with E-state index in [0.29, 0.717) is 5.56 Å². The molecule has 3 nitrogen and oxygen atoms in total. The molecule has 0 aliphatic carbocycles. The Kier molecular flexibility index (Phi) is 4.43. The number of nitriles is 1. The molecule has 1 aromatic heterocycles. The zero-order chi connectivity index (χ0) is 13.7. The maximum atomic E-state index is 9.30. The Labute approximate surface area is 117 Å². The Balaban J connectivity index is 2.27. The van der Waals surface area contributed by atoms with E-state index in [1.54, 1.807) is 18.0 Å². The number of rotatable bonds is 4. The molecular weight excluding hydrogens is 254 g/mol. The van der Waals surface area contributed by atoms with E-state index in [0.717, 1.165) is 16.1 Å². The summed E-state index contributed by atoms with van der Waals surface area (Å²) in [6.45, 7) is 2.06. The molecule has 0 fully saturated rings. The molecule has 2 aromatic rings. The van der Waals surface area contributed by atoms with Crippen molar-refractivity contribution >= 4 is 17.4 Å².